The third kappa shape index (κ3) is 1.89. The van der Waals surface area contributed by atoms with Gasteiger partial charge in [-0.15, -0.1) is 11.3 Å². The summed E-state index contributed by atoms with van der Waals surface area (Å²) in [6, 6.07) is 7.69. The molecular formula is C10H9ClN2S. The van der Waals surface area contributed by atoms with Gasteiger partial charge < -0.3 is 5.32 Å². The summed E-state index contributed by atoms with van der Waals surface area (Å²) in [5.41, 5.74) is 1.10. The summed E-state index contributed by atoms with van der Waals surface area (Å²) in [5.74, 6) is 0.903. The van der Waals surface area contributed by atoms with E-state index in [1.54, 1.807) is 11.3 Å². The molecular weight excluding hydrogens is 216 g/mol. The zero-order valence-electron chi connectivity index (χ0n) is 7.62. The van der Waals surface area contributed by atoms with Gasteiger partial charge in [0.25, 0.3) is 0 Å². The Balaban J connectivity index is 2.34. The average Bonchev–Trinajstić information content (AvgIpc) is 2.67. The molecule has 1 aromatic heterocycles. The quantitative estimate of drug-likeness (QED) is 0.845. The van der Waals surface area contributed by atoms with Gasteiger partial charge in [0, 0.05) is 23.0 Å². The summed E-state index contributed by atoms with van der Waals surface area (Å²) in [6.07, 6.45) is 0. The number of nitrogens with zero attached hydrogens (tertiary/aromatic N) is 1. The fraction of sp³-hybridized carbons (Fsp3) is 0.100. The van der Waals surface area contributed by atoms with Crippen LogP contribution in [0.4, 0.5) is 5.82 Å². The van der Waals surface area contributed by atoms with Crippen LogP contribution in [0.25, 0.3) is 10.6 Å². The number of hydrogen-bond acceptors (Lipinski definition) is 3. The van der Waals surface area contributed by atoms with E-state index < -0.39 is 0 Å². The monoisotopic (exact) mass is 224 g/mol. The van der Waals surface area contributed by atoms with Crippen LogP contribution in [0.2, 0.25) is 5.02 Å². The second-order valence-electron chi connectivity index (χ2n) is 2.79. The molecule has 2 rings (SSSR count). The molecule has 2 nitrogen and oxygen atoms in total. The molecule has 14 heavy (non-hydrogen) atoms. The van der Waals surface area contributed by atoms with Crippen LogP contribution >= 0.6 is 22.9 Å². The third-order valence-corrected chi connectivity index (χ3v) is 2.99. The largest absolute Gasteiger partial charge is 0.372 e. The highest BCUT2D eigenvalue weighted by Gasteiger charge is 2.02. The average molecular weight is 225 g/mol. The van der Waals surface area contributed by atoms with Crippen LogP contribution in [0.5, 0.6) is 0 Å². The Labute approximate surface area is 91.6 Å². The van der Waals surface area contributed by atoms with Gasteiger partial charge in [0.05, 0.1) is 0 Å². The number of nitrogens with one attached hydrogen (secondary N) is 1. The van der Waals surface area contributed by atoms with Crippen molar-refractivity contribution in [2.75, 3.05) is 12.4 Å². The van der Waals surface area contributed by atoms with E-state index in [4.69, 9.17) is 11.6 Å². The van der Waals surface area contributed by atoms with Crippen LogP contribution in [0, 0.1) is 0 Å². The predicted molar refractivity (Wildman–Crippen MR) is 62.1 cm³/mol. The lowest BCUT2D eigenvalue weighted by Gasteiger charge is -1.95. The Bertz CT molecular complexity index is 422. The molecule has 72 valence electrons. The van der Waals surface area contributed by atoms with E-state index in [9.17, 15) is 0 Å². The highest BCUT2D eigenvalue weighted by atomic mass is 35.5. The first-order valence-electron chi connectivity index (χ1n) is 4.19. The zero-order valence-corrected chi connectivity index (χ0v) is 9.19. The molecule has 0 unspecified atom stereocenters. The molecule has 0 atom stereocenters. The van der Waals surface area contributed by atoms with E-state index in [1.807, 2.05) is 36.7 Å². The molecule has 2 aromatic rings. The molecule has 0 radical (unpaired) electrons. The number of rotatable bonds is 2. The van der Waals surface area contributed by atoms with Crippen molar-refractivity contribution in [3.05, 3.63) is 34.7 Å². The molecule has 1 aromatic carbocycles. The number of thiazole rings is 1. The summed E-state index contributed by atoms with van der Waals surface area (Å²) in [6.45, 7) is 0. The number of hydrogen-bond donors (Lipinski definition) is 1. The van der Waals surface area contributed by atoms with Crippen molar-refractivity contribution in [2.24, 2.45) is 0 Å². The van der Waals surface area contributed by atoms with Gasteiger partial charge in [-0.05, 0) is 12.1 Å². The smallest absolute Gasteiger partial charge is 0.137 e. The zero-order chi connectivity index (χ0) is 9.97. The third-order valence-electron chi connectivity index (χ3n) is 1.85. The molecule has 0 bridgehead atoms. The Kier molecular flexibility index (Phi) is 2.70. The normalized spacial score (nSPS) is 10.1. The SMILES string of the molecule is CNc1csc(-c2ccc(Cl)cc2)n1. The highest BCUT2D eigenvalue weighted by Crippen LogP contribution is 2.26. The molecule has 4 heteroatoms. The topological polar surface area (TPSA) is 24.9 Å². The van der Waals surface area contributed by atoms with Gasteiger partial charge in [-0.3, -0.25) is 0 Å². The van der Waals surface area contributed by atoms with Crippen molar-refractivity contribution in [2.45, 2.75) is 0 Å². The minimum absolute atomic E-state index is 0.749. The second-order valence-corrected chi connectivity index (χ2v) is 4.09. The lowest BCUT2D eigenvalue weighted by Crippen LogP contribution is -1.86. The first kappa shape index (κ1) is 9.49. The molecule has 0 aliphatic heterocycles. The Morgan fingerprint density at radius 1 is 1.29 bits per heavy atom. The molecule has 0 aliphatic carbocycles. The first-order chi connectivity index (χ1) is 6.79. The maximum absolute atomic E-state index is 5.80. The van der Waals surface area contributed by atoms with Gasteiger partial charge in [-0.2, -0.15) is 0 Å². The minimum atomic E-state index is 0.749. The maximum Gasteiger partial charge on any atom is 0.137 e. The van der Waals surface area contributed by atoms with Crippen LogP contribution in [-0.4, -0.2) is 12.0 Å². The van der Waals surface area contributed by atoms with E-state index in [-0.39, 0.29) is 0 Å². The summed E-state index contributed by atoms with van der Waals surface area (Å²) in [7, 11) is 1.86. The van der Waals surface area contributed by atoms with E-state index >= 15 is 0 Å². The van der Waals surface area contributed by atoms with Gasteiger partial charge in [-0.1, -0.05) is 23.7 Å². The number of benzene rings is 1. The molecule has 0 spiro atoms. The molecule has 1 N–H and O–H groups in total. The fourth-order valence-corrected chi connectivity index (χ4v) is 2.06. The molecule has 0 saturated carbocycles. The Morgan fingerprint density at radius 2 is 2.00 bits per heavy atom. The van der Waals surface area contributed by atoms with Crippen molar-refractivity contribution in [3.63, 3.8) is 0 Å². The predicted octanol–water partition coefficient (Wildman–Crippen LogP) is 3.51. The maximum atomic E-state index is 5.80. The van der Waals surface area contributed by atoms with Gasteiger partial charge in [-0.25, -0.2) is 4.98 Å². The molecule has 0 saturated heterocycles. The van der Waals surface area contributed by atoms with E-state index in [0.717, 1.165) is 21.4 Å². The minimum Gasteiger partial charge on any atom is -0.372 e. The van der Waals surface area contributed by atoms with Gasteiger partial charge in [0.2, 0.25) is 0 Å². The summed E-state index contributed by atoms with van der Waals surface area (Å²) in [5, 5.41) is 6.75. The van der Waals surface area contributed by atoms with Gasteiger partial charge in [0.15, 0.2) is 0 Å². The molecule has 0 aliphatic rings. The number of halogens is 1. The molecule has 1 heterocycles. The molecule has 0 amide bonds. The van der Waals surface area contributed by atoms with Crippen LogP contribution in [-0.2, 0) is 0 Å². The van der Waals surface area contributed by atoms with Crippen LogP contribution in [0.15, 0.2) is 29.6 Å². The highest BCUT2D eigenvalue weighted by molar-refractivity contribution is 7.13. The summed E-state index contributed by atoms with van der Waals surface area (Å²) < 4.78 is 0. The number of anilines is 1. The van der Waals surface area contributed by atoms with Crippen molar-refractivity contribution in [3.8, 4) is 10.6 Å². The Hall–Kier alpha value is -1.06. The van der Waals surface area contributed by atoms with Crippen molar-refractivity contribution < 1.29 is 0 Å². The van der Waals surface area contributed by atoms with E-state index in [1.165, 1.54) is 0 Å². The van der Waals surface area contributed by atoms with Crippen LogP contribution in [0.3, 0.4) is 0 Å². The lowest BCUT2D eigenvalue weighted by atomic mass is 10.2. The van der Waals surface area contributed by atoms with Crippen LogP contribution in [0.1, 0.15) is 0 Å². The lowest BCUT2D eigenvalue weighted by molar-refractivity contribution is 1.35. The van der Waals surface area contributed by atoms with Crippen molar-refractivity contribution in [1.29, 1.82) is 0 Å². The van der Waals surface area contributed by atoms with Crippen LogP contribution < -0.4 is 5.32 Å². The molecule has 0 fully saturated rings. The van der Waals surface area contributed by atoms with E-state index in [0.29, 0.717) is 0 Å². The standard InChI is InChI=1S/C10H9ClN2S/c1-12-9-6-14-10(13-9)7-2-4-8(11)5-3-7/h2-6,12H,1H3. The second kappa shape index (κ2) is 3.98. The van der Waals surface area contributed by atoms with E-state index in [2.05, 4.69) is 10.3 Å². The van der Waals surface area contributed by atoms with Gasteiger partial charge in [0.1, 0.15) is 10.8 Å². The number of aromatic nitrogens is 1. The summed E-state index contributed by atoms with van der Waals surface area (Å²) >= 11 is 7.42. The Morgan fingerprint density at radius 3 is 2.57 bits per heavy atom. The van der Waals surface area contributed by atoms with Crippen molar-refractivity contribution in [1.82, 2.24) is 4.98 Å². The van der Waals surface area contributed by atoms with Gasteiger partial charge >= 0.3 is 0 Å². The first-order valence-corrected chi connectivity index (χ1v) is 5.44. The fourth-order valence-electron chi connectivity index (χ4n) is 1.11. The summed E-state index contributed by atoms with van der Waals surface area (Å²) in [4.78, 5) is 4.39. The van der Waals surface area contributed by atoms with Crippen molar-refractivity contribution >= 4 is 28.8 Å².